The summed E-state index contributed by atoms with van der Waals surface area (Å²) >= 11 is 0. The summed E-state index contributed by atoms with van der Waals surface area (Å²) in [5.41, 5.74) is 8.05. The molecule has 0 heterocycles. The van der Waals surface area contributed by atoms with Crippen molar-refractivity contribution in [1.82, 2.24) is 0 Å². The Balaban J connectivity index is 1.75. The van der Waals surface area contributed by atoms with E-state index in [0.29, 0.717) is 12.6 Å². The molecule has 0 amide bonds. The minimum absolute atomic E-state index is 0.493. The van der Waals surface area contributed by atoms with Crippen LogP contribution in [0.5, 0.6) is 0 Å². The normalized spacial score (nSPS) is 16.7. The van der Waals surface area contributed by atoms with Gasteiger partial charge in [-0.05, 0) is 24.8 Å². The highest BCUT2D eigenvalue weighted by atomic mass is 16.5. The molecule has 1 aliphatic rings. The van der Waals surface area contributed by atoms with Gasteiger partial charge in [-0.1, -0.05) is 50.3 Å². The van der Waals surface area contributed by atoms with Gasteiger partial charge in [0.1, 0.15) is 0 Å². The molecule has 0 aliphatic heterocycles. The first-order valence-electron chi connectivity index (χ1n) is 8.43. The molecule has 3 N–H and O–H groups in total. The molecule has 122 valence electrons. The molecule has 22 heavy (non-hydrogen) atoms. The lowest BCUT2D eigenvalue weighted by Gasteiger charge is -2.20. The first-order chi connectivity index (χ1) is 10.8. The van der Waals surface area contributed by atoms with Crippen molar-refractivity contribution in [1.29, 1.82) is 0 Å². The maximum absolute atomic E-state index is 5.99. The summed E-state index contributed by atoms with van der Waals surface area (Å²) < 4.78 is 5.20. The number of para-hydroxylation sites is 1. The lowest BCUT2D eigenvalue weighted by molar-refractivity contribution is 0.185. The summed E-state index contributed by atoms with van der Waals surface area (Å²) in [6, 6.07) is 8.01. The smallest absolute Gasteiger partial charge is 0.193 e. The van der Waals surface area contributed by atoms with Gasteiger partial charge < -0.3 is 15.8 Å². The Bertz CT molecular complexity index is 467. The van der Waals surface area contributed by atoms with Crippen molar-refractivity contribution in [2.45, 2.75) is 51.6 Å². The highest BCUT2D eigenvalue weighted by Gasteiger charge is 2.12. The number of methoxy groups -OCH3 is 1. The van der Waals surface area contributed by atoms with Gasteiger partial charge in [0.05, 0.1) is 6.61 Å². The zero-order valence-corrected chi connectivity index (χ0v) is 13.7. The number of anilines is 1. The molecule has 0 saturated heterocycles. The van der Waals surface area contributed by atoms with Crippen LogP contribution < -0.4 is 11.1 Å². The van der Waals surface area contributed by atoms with Gasteiger partial charge in [-0.3, -0.25) is 4.99 Å². The van der Waals surface area contributed by atoms with E-state index in [0.717, 1.165) is 30.1 Å². The highest BCUT2D eigenvalue weighted by molar-refractivity contribution is 5.92. The topological polar surface area (TPSA) is 59.6 Å². The van der Waals surface area contributed by atoms with Gasteiger partial charge in [0.25, 0.3) is 0 Å². The van der Waals surface area contributed by atoms with Crippen molar-refractivity contribution >= 4 is 11.6 Å². The number of hydrogen-bond acceptors (Lipinski definition) is 2. The Hall–Kier alpha value is -1.55. The Morgan fingerprint density at radius 3 is 2.82 bits per heavy atom. The number of rotatable bonds is 7. The van der Waals surface area contributed by atoms with Gasteiger partial charge >= 0.3 is 0 Å². The van der Waals surface area contributed by atoms with Gasteiger partial charge in [-0.25, -0.2) is 0 Å². The third-order valence-electron chi connectivity index (χ3n) is 4.36. The molecule has 2 rings (SSSR count). The second-order valence-electron chi connectivity index (χ2n) is 6.13. The molecule has 4 nitrogen and oxygen atoms in total. The van der Waals surface area contributed by atoms with Crippen molar-refractivity contribution in [2.24, 2.45) is 16.6 Å². The van der Waals surface area contributed by atoms with E-state index < -0.39 is 0 Å². The van der Waals surface area contributed by atoms with E-state index in [4.69, 9.17) is 10.5 Å². The minimum Gasteiger partial charge on any atom is -0.380 e. The fraction of sp³-hybridized carbons (Fsp3) is 0.611. The van der Waals surface area contributed by atoms with E-state index in [1.165, 1.54) is 38.5 Å². The fourth-order valence-corrected chi connectivity index (χ4v) is 3.16. The predicted octanol–water partition coefficient (Wildman–Crippen LogP) is 3.92. The molecule has 1 saturated carbocycles. The first kappa shape index (κ1) is 16.8. The molecule has 0 aromatic heterocycles. The number of nitrogens with two attached hydrogens (primary N) is 1. The summed E-state index contributed by atoms with van der Waals surface area (Å²) in [5, 5.41) is 3.18. The third-order valence-corrected chi connectivity index (χ3v) is 4.36. The molecule has 4 heteroatoms. The highest BCUT2D eigenvalue weighted by Crippen LogP contribution is 2.27. The van der Waals surface area contributed by atoms with Crippen LogP contribution in [0.2, 0.25) is 0 Å². The zero-order valence-electron chi connectivity index (χ0n) is 13.7. The summed E-state index contributed by atoms with van der Waals surface area (Å²) in [4.78, 5) is 4.45. The molecule has 0 radical (unpaired) electrons. The molecule has 1 fully saturated rings. The predicted molar refractivity (Wildman–Crippen MR) is 93.1 cm³/mol. The van der Waals surface area contributed by atoms with Crippen molar-refractivity contribution in [2.75, 3.05) is 19.0 Å². The third kappa shape index (κ3) is 5.68. The quantitative estimate of drug-likeness (QED) is 0.456. The maximum Gasteiger partial charge on any atom is 0.193 e. The van der Waals surface area contributed by atoms with E-state index >= 15 is 0 Å². The van der Waals surface area contributed by atoms with Crippen LogP contribution in [-0.4, -0.2) is 19.6 Å². The minimum atomic E-state index is 0.493. The lowest BCUT2D eigenvalue weighted by Crippen LogP contribution is -2.23. The monoisotopic (exact) mass is 303 g/mol. The summed E-state index contributed by atoms with van der Waals surface area (Å²) in [6.07, 6.45) is 9.47. The maximum atomic E-state index is 5.99. The number of nitrogens with zero attached hydrogens (tertiary/aromatic N) is 1. The SMILES string of the molecule is COCc1ccccc1NC(N)=NCCCC1CCCCC1. The standard InChI is InChI=1S/C18H29N3O/c1-22-14-16-11-5-6-12-17(16)21-18(19)20-13-7-10-15-8-3-2-4-9-15/h5-6,11-12,15H,2-4,7-10,13-14H2,1H3,(H3,19,20,21). The van der Waals surface area contributed by atoms with Crippen molar-refractivity contribution in [3.63, 3.8) is 0 Å². The Labute approximate surface area is 134 Å². The average molecular weight is 303 g/mol. The zero-order chi connectivity index (χ0) is 15.6. The average Bonchev–Trinajstić information content (AvgIpc) is 2.55. The number of guanidine groups is 1. The van der Waals surface area contributed by atoms with Crippen LogP contribution in [0.25, 0.3) is 0 Å². The van der Waals surface area contributed by atoms with Gasteiger partial charge in [-0.2, -0.15) is 0 Å². The van der Waals surface area contributed by atoms with Crippen molar-refractivity contribution in [3.8, 4) is 0 Å². The fourth-order valence-electron chi connectivity index (χ4n) is 3.16. The Kier molecular flexibility index (Phi) is 7.23. The Morgan fingerprint density at radius 2 is 2.05 bits per heavy atom. The lowest BCUT2D eigenvalue weighted by atomic mass is 9.86. The van der Waals surface area contributed by atoms with Crippen LogP contribution in [0.1, 0.15) is 50.5 Å². The number of ether oxygens (including phenoxy) is 1. The first-order valence-corrected chi connectivity index (χ1v) is 8.43. The molecule has 0 bridgehead atoms. The molecule has 1 aliphatic carbocycles. The van der Waals surface area contributed by atoms with Crippen molar-refractivity contribution < 1.29 is 4.74 Å². The molecular formula is C18H29N3O. The van der Waals surface area contributed by atoms with Crippen LogP contribution in [-0.2, 0) is 11.3 Å². The van der Waals surface area contributed by atoms with Crippen molar-refractivity contribution in [3.05, 3.63) is 29.8 Å². The number of benzene rings is 1. The number of aliphatic imine (C=N–C) groups is 1. The summed E-state index contributed by atoms with van der Waals surface area (Å²) in [7, 11) is 1.69. The van der Waals surface area contributed by atoms with Crippen LogP contribution in [0.3, 0.4) is 0 Å². The van der Waals surface area contributed by atoms with Crippen LogP contribution in [0.4, 0.5) is 5.69 Å². The van der Waals surface area contributed by atoms with Gasteiger partial charge in [0.15, 0.2) is 5.96 Å². The van der Waals surface area contributed by atoms with E-state index in [1.807, 2.05) is 24.3 Å². The second-order valence-corrected chi connectivity index (χ2v) is 6.13. The number of hydrogen-bond donors (Lipinski definition) is 2. The van der Waals surface area contributed by atoms with Gasteiger partial charge in [-0.15, -0.1) is 0 Å². The molecular weight excluding hydrogens is 274 g/mol. The van der Waals surface area contributed by atoms with Gasteiger partial charge in [0, 0.05) is 24.9 Å². The van der Waals surface area contributed by atoms with E-state index in [9.17, 15) is 0 Å². The Morgan fingerprint density at radius 1 is 1.27 bits per heavy atom. The molecule has 1 aromatic rings. The number of nitrogens with one attached hydrogen (secondary N) is 1. The molecule has 0 spiro atoms. The summed E-state index contributed by atoms with van der Waals surface area (Å²) in [5.74, 6) is 1.41. The largest absolute Gasteiger partial charge is 0.380 e. The van der Waals surface area contributed by atoms with Crippen LogP contribution in [0, 0.1) is 5.92 Å². The molecule has 0 atom stereocenters. The van der Waals surface area contributed by atoms with Crippen LogP contribution >= 0.6 is 0 Å². The molecule has 1 aromatic carbocycles. The van der Waals surface area contributed by atoms with Crippen LogP contribution in [0.15, 0.2) is 29.3 Å². The molecule has 0 unspecified atom stereocenters. The van der Waals surface area contributed by atoms with E-state index in [1.54, 1.807) is 7.11 Å². The second kappa shape index (κ2) is 9.46. The summed E-state index contributed by atoms with van der Waals surface area (Å²) in [6.45, 7) is 1.37. The van der Waals surface area contributed by atoms with Gasteiger partial charge in [0.2, 0.25) is 0 Å². The van der Waals surface area contributed by atoms with E-state index in [2.05, 4.69) is 10.3 Å². The van der Waals surface area contributed by atoms with E-state index in [-0.39, 0.29) is 0 Å².